The number of carbonyl (C=O) groups is 1. The van der Waals surface area contributed by atoms with E-state index in [0.29, 0.717) is 43.6 Å². The molecule has 1 atom stereocenters. The van der Waals surface area contributed by atoms with Gasteiger partial charge in [0.25, 0.3) is 0 Å². The zero-order valence-corrected chi connectivity index (χ0v) is 12.5. The van der Waals surface area contributed by atoms with Gasteiger partial charge in [-0.1, -0.05) is 0 Å². The van der Waals surface area contributed by atoms with E-state index in [1.807, 2.05) is 11.1 Å². The maximum Gasteiger partial charge on any atom is 0.324 e. The van der Waals surface area contributed by atoms with Crippen molar-refractivity contribution in [2.45, 2.75) is 12.3 Å². The molecule has 7 heteroatoms. The molecule has 0 saturated carbocycles. The Morgan fingerprint density at radius 1 is 1.39 bits per heavy atom. The number of likely N-dealkylation sites (tertiary alicyclic amines) is 1. The third-order valence-electron chi connectivity index (χ3n) is 4.46. The Hall–Kier alpha value is -2.57. The predicted octanol–water partition coefficient (Wildman–Crippen LogP) is 2.36. The SMILES string of the molecule is O=C(N1CCC(c2cn[nH]c2)C1)N1CCOc2ccc(F)cc21. The maximum absolute atomic E-state index is 13.5. The van der Waals surface area contributed by atoms with E-state index in [2.05, 4.69) is 10.2 Å². The molecular weight excluding hydrogens is 299 g/mol. The normalized spacial score (nSPS) is 20.3. The largest absolute Gasteiger partial charge is 0.490 e. The number of rotatable bonds is 1. The lowest BCUT2D eigenvalue weighted by Crippen LogP contribution is -2.45. The van der Waals surface area contributed by atoms with E-state index in [9.17, 15) is 9.18 Å². The smallest absolute Gasteiger partial charge is 0.324 e. The Kier molecular flexibility index (Phi) is 3.40. The number of hydrogen-bond donors (Lipinski definition) is 1. The second-order valence-corrected chi connectivity index (χ2v) is 5.86. The third-order valence-corrected chi connectivity index (χ3v) is 4.46. The monoisotopic (exact) mass is 316 g/mol. The summed E-state index contributed by atoms with van der Waals surface area (Å²) in [6, 6.07) is 4.18. The molecule has 120 valence electrons. The van der Waals surface area contributed by atoms with Gasteiger partial charge in [-0.25, -0.2) is 9.18 Å². The number of aromatic nitrogens is 2. The Balaban J connectivity index is 1.53. The van der Waals surface area contributed by atoms with Crippen LogP contribution in [-0.2, 0) is 0 Å². The van der Waals surface area contributed by atoms with Crippen LogP contribution in [0, 0.1) is 5.82 Å². The van der Waals surface area contributed by atoms with Gasteiger partial charge in [-0.05, 0) is 24.1 Å². The number of urea groups is 1. The molecule has 23 heavy (non-hydrogen) atoms. The molecule has 4 rings (SSSR count). The summed E-state index contributed by atoms with van der Waals surface area (Å²) in [4.78, 5) is 16.3. The number of amides is 2. The van der Waals surface area contributed by atoms with E-state index in [1.165, 1.54) is 12.1 Å². The second kappa shape index (κ2) is 5.57. The summed E-state index contributed by atoms with van der Waals surface area (Å²) in [5.41, 5.74) is 1.63. The van der Waals surface area contributed by atoms with Crippen molar-refractivity contribution in [3.63, 3.8) is 0 Å². The topological polar surface area (TPSA) is 61.5 Å². The van der Waals surface area contributed by atoms with Crippen molar-refractivity contribution in [3.05, 3.63) is 42.0 Å². The minimum absolute atomic E-state index is 0.0915. The summed E-state index contributed by atoms with van der Waals surface area (Å²) in [7, 11) is 0. The molecule has 2 aliphatic rings. The van der Waals surface area contributed by atoms with Crippen molar-refractivity contribution in [2.24, 2.45) is 0 Å². The fraction of sp³-hybridized carbons (Fsp3) is 0.375. The van der Waals surface area contributed by atoms with Gasteiger partial charge >= 0.3 is 6.03 Å². The number of carbonyl (C=O) groups excluding carboxylic acids is 1. The number of benzene rings is 1. The molecule has 1 aromatic heterocycles. The Labute approximate surface area is 132 Å². The zero-order chi connectivity index (χ0) is 15.8. The van der Waals surface area contributed by atoms with Crippen molar-refractivity contribution >= 4 is 11.7 Å². The first kappa shape index (κ1) is 14.0. The van der Waals surface area contributed by atoms with Gasteiger partial charge in [0.05, 0.1) is 18.4 Å². The van der Waals surface area contributed by atoms with Crippen LogP contribution in [0.3, 0.4) is 0 Å². The molecule has 2 aromatic rings. The van der Waals surface area contributed by atoms with Crippen molar-refractivity contribution < 1.29 is 13.9 Å². The molecule has 1 fully saturated rings. The van der Waals surface area contributed by atoms with E-state index in [0.717, 1.165) is 12.0 Å². The number of fused-ring (bicyclic) bond motifs is 1. The Morgan fingerprint density at radius 3 is 3.13 bits per heavy atom. The number of hydrogen-bond acceptors (Lipinski definition) is 3. The molecule has 2 amide bonds. The van der Waals surface area contributed by atoms with Gasteiger partial charge < -0.3 is 9.64 Å². The Bertz CT molecular complexity index is 719. The number of halogens is 1. The number of ether oxygens (including phenoxy) is 1. The molecule has 1 saturated heterocycles. The first-order chi connectivity index (χ1) is 11.2. The number of H-pyrrole nitrogens is 1. The fourth-order valence-corrected chi connectivity index (χ4v) is 3.25. The third kappa shape index (κ3) is 2.52. The molecule has 1 unspecified atom stereocenters. The molecule has 0 aliphatic carbocycles. The van der Waals surface area contributed by atoms with Gasteiger partial charge in [0.15, 0.2) is 0 Å². The second-order valence-electron chi connectivity index (χ2n) is 5.86. The number of aromatic amines is 1. The van der Waals surface area contributed by atoms with Crippen molar-refractivity contribution in [2.75, 3.05) is 31.1 Å². The predicted molar refractivity (Wildman–Crippen MR) is 82.2 cm³/mol. The van der Waals surface area contributed by atoms with E-state index in [4.69, 9.17) is 4.74 Å². The molecule has 0 spiro atoms. The molecule has 0 bridgehead atoms. The van der Waals surface area contributed by atoms with Crippen LogP contribution >= 0.6 is 0 Å². The molecule has 0 radical (unpaired) electrons. The van der Waals surface area contributed by atoms with Gasteiger partial charge in [-0.15, -0.1) is 0 Å². The highest BCUT2D eigenvalue weighted by Crippen LogP contribution is 2.34. The summed E-state index contributed by atoms with van der Waals surface area (Å²) in [5.74, 6) is 0.479. The highest BCUT2D eigenvalue weighted by Gasteiger charge is 2.33. The summed E-state index contributed by atoms with van der Waals surface area (Å²) in [5, 5.41) is 6.78. The Morgan fingerprint density at radius 2 is 2.30 bits per heavy atom. The van der Waals surface area contributed by atoms with Crippen molar-refractivity contribution in [1.82, 2.24) is 15.1 Å². The molecule has 2 aliphatic heterocycles. The fourth-order valence-electron chi connectivity index (χ4n) is 3.25. The quantitative estimate of drug-likeness (QED) is 0.878. The summed E-state index contributed by atoms with van der Waals surface area (Å²) >= 11 is 0. The first-order valence-electron chi connectivity index (χ1n) is 7.70. The summed E-state index contributed by atoms with van der Waals surface area (Å²) < 4.78 is 19.0. The van der Waals surface area contributed by atoms with Crippen LogP contribution in [0.25, 0.3) is 0 Å². The van der Waals surface area contributed by atoms with Crippen LogP contribution in [-0.4, -0.2) is 47.4 Å². The molecule has 1 aromatic carbocycles. The van der Waals surface area contributed by atoms with Gasteiger partial charge in [0.2, 0.25) is 0 Å². The lowest BCUT2D eigenvalue weighted by molar-refractivity contribution is 0.209. The standard InChI is InChI=1S/C16H17FN4O2/c17-13-1-2-15-14(7-13)21(5-6-23-15)16(22)20-4-3-11(10-20)12-8-18-19-9-12/h1-2,7-9,11H,3-6,10H2,(H,18,19). The highest BCUT2D eigenvalue weighted by atomic mass is 19.1. The average Bonchev–Trinajstić information content (AvgIpc) is 3.24. The van der Waals surface area contributed by atoms with E-state index < -0.39 is 0 Å². The zero-order valence-electron chi connectivity index (χ0n) is 12.5. The van der Waals surface area contributed by atoms with Crippen LogP contribution in [0.15, 0.2) is 30.6 Å². The van der Waals surface area contributed by atoms with E-state index >= 15 is 0 Å². The van der Waals surface area contributed by atoms with E-state index in [1.54, 1.807) is 17.2 Å². The lowest BCUT2D eigenvalue weighted by Gasteiger charge is -2.32. The van der Waals surface area contributed by atoms with Gasteiger partial charge in [0, 0.05) is 31.3 Å². The van der Waals surface area contributed by atoms with Crippen molar-refractivity contribution in [3.8, 4) is 5.75 Å². The van der Waals surface area contributed by atoms with Crippen molar-refractivity contribution in [1.29, 1.82) is 0 Å². The maximum atomic E-state index is 13.5. The number of nitrogens with zero attached hydrogens (tertiary/aromatic N) is 3. The lowest BCUT2D eigenvalue weighted by atomic mass is 10.0. The van der Waals surface area contributed by atoms with Crippen LogP contribution in [0.4, 0.5) is 14.9 Å². The summed E-state index contributed by atoms with van der Waals surface area (Å²) in [6.45, 7) is 2.20. The van der Waals surface area contributed by atoms with Gasteiger partial charge in [-0.3, -0.25) is 10.00 Å². The van der Waals surface area contributed by atoms with Gasteiger partial charge in [0.1, 0.15) is 18.2 Å². The number of anilines is 1. The van der Waals surface area contributed by atoms with Crippen LogP contribution < -0.4 is 9.64 Å². The summed E-state index contributed by atoms with van der Waals surface area (Å²) in [6.07, 6.45) is 4.59. The van der Waals surface area contributed by atoms with Gasteiger partial charge in [-0.2, -0.15) is 5.10 Å². The number of nitrogens with one attached hydrogen (secondary N) is 1. The molecule has 3 heterocycles. The minimum atomic E-state index is -0.371. The van der Waals surface area contributed by atoms with E-state index in [-0.39, 0.29) is 11.8 Å². The molecule has 1 N–H and O–H groups in total. The average molecular weight is 316 g/mol. The minimum Gasteiger partial charge on any atom is -0.490 e. The molecular formula is C16H17FN4O2. The molecule has 6 nitrogen and oxygen atoms in total. The van der Waals surface area contributed by atoms with Crippen LogP contribution in [0.2, 0.25) is 0 Å². The van der Waals surface area contributed by atoms with Crippen LogP contribution in [0.5, 0.6) is 5.75 Å². The highest BCUT2D eigenvalue weighted by molar-refractivity contribution is 5.94. The van der Waals surface area contributed by atoms with Crippen LogP contribution in [0.1, 0.15) is 17.9 Å². The first-order valence-corrected chi connectivity index (χ1v) is 7.70.